The van der Waals surface area contributed by atoms with Crippen LogP contribution in [-0.2, 0) is 9.53 Å². The van der Waals surface area contributed by atoms with Crippen LogP contribution in [0.25, 0.3) is 0 Å². The summed E-state index contributed by atoms with van der Waals surface area (Å²) in [7, 11) is 0. The molecule has 3 aliphatic rings. The fraction of sp³-hybridized carbons (Fsp3) is 0.619. The van der Waals surface area contributed by atoms with Gasteiger partial charge in [-0.1, -0.05) is 6.07 Å². The Kier molecular flexibility index (Phi) is 5.92. The van der Waals surface area contributed by atoms with Crippen molar-refractivity contribution >= 4 is 11.8 Å². The van der Waals surface area contributed by atoms with Crippen molar-refractivity contribution in [2.45, 2.75) is 37.8 Å². The summed E-state index contributed by atoms with van der Waals surface area (Å²) < 4.78 is 18.8. The van der Waals surface area contributed by atoms with Gasteiger partial charge in [0.05, 0.1) is 6.04 Å². The average molecular weight is 389 g/mol. The minimum atomic E-state index is -0.398. The lowest BCUT2D eigenvalue weighted by Crippen LogP contribution is -2.60. The number of ether oxygens (including phenoxy) is 1. The largest absolute Gasteiger partial charge is 0.381 e. The standard InChI is InChI=1S/C21H28FN3O3/c22-17-4-1-3-16(15-17)20(26)24-11-9-23(10-12-24)19-5-2-8-25(21(19)27)18-6-13-28-14-7-18/h1,3-4,15,18-19H,2,5-14H2. The van der Waals surface area contributed by atoms with Crippen LogP contribution in [0.4, 0.5) is 4.39 Å². The number of carbonyl (C=O) groups is 2. The van der Waals surface area contributed by atoms with Crippen molar-refractivity contribution in [1.82, 2.24) is 14.7 Å². The van der Waals surface area contributed by atoms with Crippen LogP contribution in [0.15, 0.2) is 24.3 Å². The molecule has 6 nitrogen and oxygen atoms in total. The highest BCUT2D eigenvalue weighted by Crippen LogP contribution is 2.24. The second-order valence-corrected chi connectivity index (χ2v) is 7.87. The third-order valence-corrected chi connectivity index (χ3v) is 6.19. The van der Waals surface area contributed by atoms with E-state index in [0.717, 1.165) is 45.4 Å². The van der Waals surface area contributed by atoms with E-state index in [2.05, 4.69) is 9.80 Å². The van der Waals surface area contributed by atoms with E-state index in [-0.39, 0.29) is 17.9 Å². The molecule has 152 valence electrons. The molecule has 0 radical (unpaired) electrons. The summed E-state index contributed by atoms with van der Waals surface area (Å²) in [5, 5.41) is 0. The Balaban J connectivity index is 1.35. The first-order chi connectivity index (χ1) is 13.6. The molecule has 1 aromatic rings. The van der Waals surface area contributed by atoms with Gasteiger partial charge in [0.1, 0.15) is 5.82 Å². The molecule has 0 bridgehead atoms. The van der Waals surface area contributed by atoms with Gasteiger partial charge < -0.3 is 14.5 Å². The van der Waals surface area contributed by atoms with E-state index in [9.17, 15) is 14.0 Å². The topological polar surface area (TPSA) is 53.1 Å². The fourth-order valence-corrected chi connectivity index (χ4v) is 4.62. The lowest BCUT2D eigenvalue weighted by molar-refractivity contribution is -0.145. The van der Waals surface area contributed by atoms with E-state index >= 15 is 0 Å². The molecule has 7 heteroatoms. The number of benzene rings is 1. The molecule has 4 rings (SSSR count). The number of piperazine rings is 1. The summed E-state index contributed by atoms with van der Waals surface area (Å²) >= 11 is 0. The number of rotatable bonds is 3. The fourth-order valence-electron chi connectivity index (χ4n) is 4.62. The molecule has 3 saturated heterocycles. The molecular weight excluding hydrogens is 361 g/mol. The number of piperidine rings is 1. The molecular formula is C21H28FN3O3. The maximum absolute atomic E-state index is 13.4. The maximum atomic E-state index is 13.4. The van der Waals surface area contributed by atoms with Gasteiger partial charge in [-0.15, -0.1) is 0 Å². The van der Waals surface area contributed by atoms with Crippen molar-refractivity contribution < 1.29 is 18.7 Å². The maximum Gasteiger partial charge on any atom is 0.254 e. The monoisotopic (exact) mass is 389 g/mol. The van der Waals surface area contributed by atoms with Gasteiger partial charge in [0, 0.05) is 57.5 Å². The van der Waals surface area contributed by atoms with E-state index in [1.165, 1.54) is 12.1 Å². The number of nitrogens with zero attached hydrogens (tertiary/aromatic N) is 3. The molecule has 2 amide bonds. The Morgan fingerprint density at radius 2 is 1.79 bits per heavy atom. The molecule has 0 aromatic heterocycles. The number of amides is 2. The molecule has 0 N–H and O–H groups in total. The van der Waals surface area contributed by atoms with Crippen LogP contribution in [-0.4, -0.2) is 84.5 Å². The van der Waals surface area contributed by atoms with Gasteiger partial charge in [0.25, 0.3) is 5.91 Å². The van der Waals surface area contributed by atoms with Crippen LogP contribution >= 0.6 is 0 Å². The molecule has 0 aliphatic carbocycles. The van der Waals surface area contributed by atoms with Crippen LogP contribution < -0.4 is 0 Å². The van der Waals surface area contributed by atoms with Crippen molar-refractivity contribution in [3.8, 4) is 0 Å². The predicted molar refractivity (Wildman–Crippen MR) is 102 cm³/mol. The first-order valence-corrected chi connectivity index (χ1v) is 10.3. The molecule has 0 spiro atoms. The van der Waals surface area contributed by atoms with Gasteiger partial charge in [0.2, 0.25) is 5.91 Å². The quantitative estimate of drug-likeness (QED) is 0.791. The third kappa shape index (κ3) is 4.05. The number of halogens is 1. The smallest absolute Gasteiger partial charge is 0.254 e. The third-order valence-electron chi connectivity index (χ3n) is 6.19. The molecule has 1 unspecified atom stereocenters. The van der Waals surface area contributed by atoms with E-state index in [1.807, 2.05) is 0 Å². The zero-order valence-corrected chi connectivity index (χ0v) is 16.2. The molecule has 28 heavy (non-hydrogen) atoms. The number of hydrogen-bond acceptors (Lipinski definition) is 4. The van der Waals surface area contributed by atoms with Crippen molar-refractivity contribution in [2.24, 2.45) is 0 Å². The second kappa shape index (κ2) is 8.57. The van der Waals surface area contributed by atoms with Crippen molar-refractivity contribution in [1.29, 1.82) is 0 Å². The first-order valence-electron chi connectivity index (χ1n) is 10.3. The Morgan fingerprint density at radius 3 is 2.50 bits per heavy atom. The van der Waals surface area contributed by atoms with Crippen molar-refractivity contribution in [3.63, 3.8) is 0 Å². The van der Waals surface area contributed by atoms with Crippen molar-refractivity contribution in [3.05, 3.63) is 35.6 Å². The van der Waals surface area contributed by atoms with Gasteiger partial charge in [-0.2, -0.15) is 0 Å². The van der Waals surface area contributed by atoms with E-state index in [0.29, 0.717) is 37.8 Å². The van der Waals surface area contributed by atoms with Crippen LogP contribution in [0.3, 0.4) is 0 Å². The summed E-state index contributed by atoms with van der Waals surface area (Å²) in [6.07, 6.45) is 3.76. The molecule has 1 aromatic carbocycles. The van der Waals surface area contributed by atoms with Crippen LogP contribution in [0.5, 0.6) is 0 Å². The van der Waals surface area contributed by atoms with Gasteiger partial charge in [-0.25, -0.2) is 4.39 Å². The van der Waals surface area contributed by atoms with Crippen LogP contribution in [0.1, 0.15) is 36.0 Å². The molecule has 1 atom stereocenters. The second-order valence-electron chi connectivity index (χ2n) is 7.87. The Labute approximate surface area is 165 Å². The SMILES string of the molecule is O=C(c1cccc(F)c1)N1CCN(C2CCCN(C3CCOCC3)C2=O)CC1. The highest BCUT2D eigenvalue weighted by atomic mass is 19.1. The minimum absolute atomic E-state index is 0.0805. The molecule has 0 saturated carbocycles. The van der Waals surface area contributed by atoms with Gasteiger partial charge in [-0.05, 0) is 43.9 Å². The summed E-state index contributed by atoms with van der Waals surface area (Å²) in [5.41, 5.74) is 0.382. The summed E-state index contributed by atoms with van der Waals surface area (Å²) in [5.74, 6) is -0.300. The lowest BCUT2D eigenvalue weighted by Gasteiger charge is -2.45. The Bertz CT molecular complexity index is 715. The first kappa shape index (κ1) is 19.3. The molecule has 3 aliphatic heterocycles. The zero-order chi connectivity index (χ0) is 19.5. The van der Waals surface area contributed by atoms with Gasteiger partial charge in [0.15, 0.2) is 0 Å². The van der Waals surface area contributed by atoms with Gasteiger partial charge in [-0.3, -0.25) is 14.5 Å². The van der Waals surface area contributed by atoms with E-state index in [4.69, 9.17) is 4.74 Å². The lowest BCUT2D eigenvalue weighted by atomic mass is 9.97. The highest BCUT2D eigenvalue weighted by Gasteiger charge is 2.38. The summed E-state index contributed by atoms with van der Waals surface area (Å²) in [6.45, 7) is 4.81. The Morgan fingerprint density at radius 1 is 1.04 bits per heavy atom. The minimum Gasteiger partial charge on any atom is -0.381 e. The molecule has 3 heterocycles. The number of hydrogen-bond donors (Lipinski definition) is 0. The summed E-state index contributed by atoms with van der Waals surface area (Å²) in [4.78, 5) is 31.8. The predicted octanol–water partition coefficient (Wildman–Crippen LogP) is 1.75. The zero-order valence-electron chi connectivity index (χ0n) is 16.2. The van der Waals surface area contributed by atoms with E-state index in [1.54, 1.807) is 17.0 Å². The van der Waals surface area contributed by atoms with Crippen molar-refractivity contribution in [2.75, 3.05) is 45.9 Å². The number of carbonyl (C=O) groups excluding carboxylic acids is 2. The van der Waals surface area contributed by atoms with Crippen LogP contribution in [0.2, 0.25) is 0 Å². The highest BCUT2D eigenvalue weighted by molar-refractivity contribution is 5.94. The average Bonchev–Trinajstić information content (AvgIpc) is 2.74. The Hall–Kier alpha value is -1.99. The number of likely N-dealkylation sites (tertiary alicyclic amines) is 1. The van der Waals surface area contributed by atoms with Gasteiger partial charge >= 0.3 is 0 Å². The van der Waals surface area contributed by atoms with E-state index < -0.39 is 5.82 Å². The summed E-state index contributed by atoms with van der Waals surface area (Å²) in [6, 6.07) is 6.06. The normalized spacial score (nSPS) is 25.2. The van der Waals surface area contributed by atoms with Crippen LogP contribution in [0, 0.1) is 5.82 Å². The molecule has 3 fully saturated rings.